The van der Waals surface area contributed by atoms with Crippen molar-refractivity contribution >= 4 is 28.5 Å². The Hall–Kier alpha value is -4.47. The molecule has 1 saturated carbocycles. The van der Waals surface area contributed by atoms with Gasteiger partial charge in [-0.3, -0.25) is 14.5 Å². The number of anilines is 1. The summed E-state index contributed by atoms with van der Waals surface area (Å²) in [6, 6.07) is 16.8. The van der Waals surface area contributed by atoms with Crippen LogP contribution < -0.4 is 19.7 Å². The minimum absolute atomic E-state index is 0.00946. The van der Waals surface area contributed by atoms with E-state index in [4.69, 9.17) is 9.47 Å². The second-order valence-corrected chi connectivity index (χ2v) is 9.83. The molecule has 0 spiro atoms. The molecule has 1 aliphatic carbocycles. The van der Waals surface area contributed by atoms with Crippen molar-refractivity contribution in [2.75, 3.05) is 19.1 Å². The highest BCUT2D eigenvalue weighted by Crippen LogP contribution is 2.36. The zero-order valence-electron chi connectivity index (χ0n) is 22.5. The number of benzene rings is 3. The Bertz CT molecular complexity index is 1480. The van der Waals surface area contributed by atoms with Gasteiger partial charge in [-0.15, -0.1) is 5.10 Å². The van der Waals surface area contributed by atoms with E-state index in [9.17, 15) is 14.0 Å². The summed E-state index contributed by atoms with van der Waals surface area (Å²) in [5, 5.41) is 11.5. The minimum Gasteiger partial charge on any atom is -0.497 e. The van der Waals surface area contributed by atoms with Crippen LogP contribution in [0.25, 0.3) is 11.0 Å². The van der Waals surface area contributed by atoms with E-state index in [1.54, 1.807) is 18.2 Å². The molecule has 9 nitrogen and oxygen atoms in total. The summed E-state index contributed by atoms with van der Waals surface area (Å²) in [5.41, 5.74) is 2.11. The molecule has 1 aromatic heterocycles. The molecule has 5 rings (SSSR count). The molecule has 4 aromatic rings. The first-order chi connectivity index (χ1) is 19.5. The van der Waals surface area contributed by atoms with Crippen molar-refractivity contribution in [3.8, 4) is 11.5 Å². The van der Waals surface area contributed by atoms with E-state index < -0.39 is 17.8 Å². The fourth-order valence-electron chi connectivity index (χ4n) is 5.25. The van der Waals surface area contributed by atoms with Gasteiger partial charge in [-0.1, -0.05) is 36.6 Å². The van der Waals surface area contributed by atoms with Gasteiger partial charge in [-0.05, 0) is 67.4 Å². The van der Waals surface area contributed by atoms with Gasteiger partial charge in [0.2, 0.25) is 11.8 Å². The highest BCUT2D eigenvalue weighted by Gasteiger charge is 2.36. The lowest BCUT2D eigenvalue weighted by atomic mass is 9.94. The Balaban J connectivity index is 1.62. The summed E-state index contributed by atoms with van der Waals surface area (Å²) in [7, 11) is 3.04. The van der Waals surface area contributed by atoms with Gasteiger partial charge in [0.15, 0.2) is 0 Å². The first kappa shape index (κ1) is 27.1. The number of methoxy groups -OCH3 is 2. The van der Waals surface area contributed by atoms with E-state index in [2.05, 4.69) is 15.6 Å². The van der Waals surface area contributed by atoms with Crippen LogP contribution in [0.5, 0.6) is 11.5 Å². The van der Waals surface area contributed by atoms with Crippen LogP contribution in [0.15, 0.2) is 66.7 Å². The zero-order valence-corrected chi connectivity index (χ0v) is 22.5. The van der Waals surface area contributed by atoms with E-state index in [-0.39, 0.29) is 18.5 Å². The molecule has 0 unspecified atom stereocenters. The molecular weight excluding hydrogens is 513 g/mol. The molecule has 0 radical (unpaired) electrons. The van der Waals surface area contributed by atoms with E-state index in [0.29, 0.717) is 33.8 Å². The van der Waals surface area contributed by atoms with Gasteiger partial charge >= 0.3 is 0 Å². The number of rotatable bonds is 9. The molecule has 1 heterocycles. The number of halogens is 1. The van der Waals surface area contributed by atoms with Crippen LogP contribution >= 0.6 is 0 Å². The van der Waals surface area contributed by atoms with Crippen molar-refractivity contribution in [1.29, 1.82) is 0 Å². The topological polar surface area (TPSA) is 98.6 Å². The van der Waals surface area contributed by atoms with Gasteiger partial charge in [0.25, 0.3) is 0 Å². The summed E-state index contributed by atoms with van der Waals surface area (Å²) in [6.07, 6.45) is 4.91. The Morgan fingerprint density at radius 1 is 1.02 bits per heavy atom. The number of carbonyl (C=O) groups is 2. The lowest BCUT2D eigenvalue weighted by molar-refractivity contribution is -0.127. The third kappa shape index (κ3) is 5.75. The third-order valence-electron chi connectivity index (χ3n) is 7.27. The molecule has 1 N–H and O–H groups in total. The van der Waals surface area contributed by atoms with Crippen LogP contribution in [0.2, 0.25) is 0 Å². The minimum atomic E-state index is -1.14. The van der Waals surface area contributed by atoms with Crippen molar-refractivity contribution in [2.45, 2.75) is 50.7 Å². The molecule has 0 aliphatic heterocycles. The Morgan fingerprint density at radius 2 is 1.77 bits per heavy atom. The van der Waals surface area contributed by atoms with Crippen LogP contribution in [-0.2, 0) is 16.1 Å². The van der Waals surface area contributed by atoms with Crippen LogP contribution in [0.4, 0.5) is 10.1 Å². The maximum Gasteiger partial charge on any atom is 0.249 e. The van der Waals surface area contributed by atoms with E-state index in [0.717, 1.165) is 32.1 Å². The molecule has 1 aliphatic rings. The van der Waals surface area contributed by atoms with Gasteiger partial charge in [-0.25, -0.2) is 9.07 Å². The molecule has 10 heteroatoms. The van der Waals surface area contributed by atoms with Crippen molar-refractivity contribution in [3.05, 3.63) is 78.1 Å². The molecular formula is C30H32FN5O4. The molecule has 208 valence electrons. The molecule has 0 saturated heterocycles. The first-order valence-corrected chi connectivity index (χ1v) is 13.4. The van der Waals surface area contributed by atoms with Gasteiger partial charge in [0, 0.05) is 17.3 Å². The lowest BCUT2D eigenvalue weighted by Gasteiger charge is -2.34. The maximum absolute atomic E-state index is 14.2. The molecule has 2 amide bonds. The van der Waals surface area contributed by atoms with Gasteiger partial charge < -0.3 is 14.8 Å². The van der Waals surface area contributed by atoms with E-state index in [1.165, 1.54) is 48.1 Å². The fourth-order valence-corrected chi connectivity index (χ4v) is 5.25. The van der Waals surface area contributed by atoms with Crippen molar-refractivity contribution in [3.63, 3.8) is 0 Å². The van der Waals surface area contributed by atoms with Crippen molar-refractivity contribution < 1.29 is 23.5 Å². The smallest absolute Gasteiger partial charge is 0.249 e. The number of fused-ring (bicyclic) bond motifs is 1. The van der Waals surface area contributed by atoms with Crippen LogP contribution in [-0.4, -0.2) is 47.1 Å². The summed E-state index contributed by atoms with van der Waals surface area (Å²) >= 11 is 0. The summed E-state index contributed by atoms with van der Waals surface area (Å²) in [4.78, 5) is 29.7. The van der Waals surface area contributed by atoms with Crippen molar-refractivity contribution in [1.82, 2.24) is 20.3 Å². The number of aromatic nitrogens is 3. The number of nitrogens with zero attached hydrogens (tertiary/aromatic N) is 4. The predicted molar refractivity (Wildman–Crippen MR) is 149 cm³/mol. The molecule has 1 atom stereocenters. The Kier molecular flexibility index (Phi) is 8.23. The number of carbonyl (C=O) groups excluding carboxylic acids is 2. The van der Waals surface area contributed by atoms with Gasteiger partial charge in [0.1, 0.15) is 35.4 Å². The Labute approximate surface area is 231 Å². The number of hydrogen-bond acceptors (Lipinski definition) is 6. The largest absolute Gasteiger partial charge is 0.497 e. The monoisotopic (exact) mass is 545 g/mol. The molecule has 3 aromatic carbocycles. The number of para-hydroxylation sites is 1. The Morgan fingerprint density at radius 3 is 2.50 bits per heavy atom. The van der Waals surface area contributed by atoms with Crippen LogP contribution in [0.1, 0.15) is 43.7 Å². The zero-order chi connectivity index (χ0) is 28.1. The van der Waals surface area contributed by atoms with Crippen LogP contribution in [0.3, 0.4) is 0 Å². The summed E-state index contributed by atoms with van der Waals surface area (Å²) < 4.78 is 26.6. The average molecular weight is 546 g/mol. The third-order valence-corrected chi connectivity index (χ3v) is 7.27. The fraction of sp³-hybridized carbons (Fsp3) is 0.333. The average Bonchev–Trinajstić information content (AvgIpc) is 3.39. The number of hydrogen-bond donors (Lipinski definition) is 1. The maximum atomic E-state index is 14.2. The summed E-state index contributed by atoms with van der Waals surface area (Å²) in [6.45, 7) is -0.197. The summed E-state index contributed by atoms with van der Waals surface area (Å²) in [5.74, 6) is -0.341. The molecule has 40 heavy (non-hydrogen) atoms. The van der Waals surface area contributed by atoms with E-state index in [1.807, 2.05) is 24.3 Å². The molecule has 1 fully saturated rings. The van der Waals surface area contributed by atoms with Crippen LogP contribution in [0, 0.1) is 5.82 Å². The number of ether oxygens (including phenoxy) is 2. The van der Waals surface area contributed by atoms with E-state index >= 15 is 0 Å². The normalized spacial score (nSPS) is 14.5. The lowest BCUT2D eigenvalue weighted by Crippen LogP contribution is -2.48. The molecule has 0 bridgehead atoms. The number of amides is 2. The SMILES string of the molecule is COc1ccc(OC)c([C@@H](C(=O)NC2CCCCC2)N(C(=O)Cn2nnc3ccccc32)c2ccc(F)cc2)c1. The number of nitrogens with one attached hydrogen (secondary N) is 1. The quantitative estimate of drug-likeness (QED) is 0.324. The van der Waals surface area contributed by atoms with Crippen molar-refractivity contribution in [2.24, 2.45) is 0 Å². The second-order valence-electron chi connectivity index (χ2n) is 9.83. The highest BCUT2D eigenvalue weighted by atomic mass is 19.1. The first-order valence-electron chi connectivity index (χ1n) is 13.4. The second kappa shape index (κ2) is 12.1. The van der Waals surface area contributed by atoms with Gasteiger partial charge in [0.05, 0.1) is 19.7 Å². The van der Waals surface area contributed by atoms with Gasteiger partial charge in [-0.2, -0.15) is 0 Å². The highest BCUT2D eigenvalue weighted by molar-refractivity contribution is 6.02. The standard InChI is InChI=1S/C30H32FN5O4/c1-39-23-16-17-27(40-2)24(18-23)29(30(38)32-21-8-4-3-5-9-21)36(22-14-12-20(31)13-15-22)28(37)19-35-26-11-7-6-10-25(26)33-34-35/h6-7,10-18,21,29H,3-5,8-9,19H2,1-2H3,(H,32,38)/t29-/m0/s1. The predicted octanol–water partition coefficient (Wildman–Crippen LogP) is 4.81.